The molecule has 3 rings (SSSR count). The molecule has 0 bridgehead atoms. The van der Waals surface area contributed by atoms with Crippen LogP contribution in [0.3, 0.4) is 0 Å². The fraction of sp³-hybridized carbons (Fsp3) is 0.238. The minimum absolute atomic E-state index is 0.0109. The van der Waals surface area contributed by atoms with Gasteiger partial charge in [0.05, 0.1) is 12.0 Å². The third kappa shape index (κ3) is 4.92. The van der Waals surface area contributed by atoms with Crippen LogP contribution in [0.2, 0.25) is 0 Å². The molecule has 0 radical (unpaired) electrons. The van der Waals surface area contributed by atoms with E-state index >= 15 is 0 Å². The average Bonchev–Trinajstić information content (AvgIpc) is 2.98. The number of aryl methyl sites for hydroxylation is 2. The van der Waals surface area contributed by atoms with Gasteiger partial charge in [0, 0.05) is 13.1 Å². The molecule has 1 saturated heterocycles. The van der Waals surface area contributed by atoms with E-state index in [4.69, 9.17) is 14.7 Å². The van der Waals surface area contributed by atoms with Crippen LogP contribution in [0, 0.1) is 13.8 Å². The third-order valence-electron chi connectivity index (χ3n) is 4.52. The average molecular weight is 463 g/mol. The summed E-state index contributed by atoms with van der Waals surface area (Å²) < 4.78 is 36.2. The van der Waals surface area contributed by atoms with Gasteiger partial charge in [-0.05, 0) is 66.6 Å². The molecule has 0 aromatic heterocycles. The van der Waals surface area contributed by atoms with Gasteiger partial charge >= 0.3 is 10.1 Å². The molecule has 1 aliphatic rings. The van der Waals surface area contributed by atoms with Crippen molar-refractivity contribution in [3.63, 3.8) is 0 Å². The van der Waals surface area contributed by atoms with Crippen molar-refractivity contribution in [3.8, 4) is 11.5 Å². The second-order valence-corrected chi connectivity index (χ2v) is 9.35. The molecule has 2 aromatic rings. The van der Waals surface area contributed by atoms with Crippen molar-refractivity contribution in [1.82, 2.24) is 4.90 Å². The highest BCUT2D eigenvalue weighted by molar-refractivity contribution is 8.18. The first-order valence-electron chi connectivity index (χ1n) is 9.31. The topological polar surface area (TPSA) is 116 Å². The summed E-state index contributed by atoms with van der Waals surface area (Å²) in [5, 5.41) is -0.381. The van der Waals surface area contributed by atoms with E-state index < -0.39 is 16.0 Å². The van der Waals surface area contributed by atoms with Crippen molar-refractivity contribution < 1.29 is 26.9 Å². The van der Waals surface area contributed by atoms with Crippen LogP contribution in [0.5, 0.6) is 11.5 Å². The zero-order valence-electron chi connectivity index (χ0n) is 17.2. The number of methoxy groups -OCH3 is 1. The highest BCUT2D eigenvalue weighted by atomic mass is 32.2. The molecule has 0 aliphatic carbocycles. The summed E-state index contributed by atoms with van der Waals surface area (Å²) >= 11 is 0.819. The molecule has 2 N–H and O–H groups in total. The summed E-state index contributed by atoms with van der Waals surface area (Å²) in [6, 6.07) is 9.63. The van der Waals surface area contributed by atoms with E-state index in [0.29, 0.717) is 11.1 Å². The van der Waals surface area contributed by atoms with Gasteiger partial charge in [-0.15, -0.1) is 0 Å². The van der Waals surface area contributed by atoms with E-state index in [0.717, 1.165) is 22.2 Å². The fourth-order valence-corrected chi connectivity index (χ4v) is 5.08. The number of carbonyl (C=O) groups excluding carboxylic acids is 2. The quantitative estimate of drug-likeness (QED) is 0.493. The number of ether oxygens (including phenoxy) is 1. The van der Waals surface area contributed by atoms with E-state index in [1.165, 1.54) is 25.3 Å². The molecule has 2 amide bonds. The maximum atomic E-state index is 12.8. The zero-order chi connectivity index (χ0) is 22.8. The molecule has 0 saturated carbocycles. The molecule has 0 spiro atoms. The van der Waals surface area contributed by atoms with Gasteiger partial charge in [0.1, 0.15) is 4.90 Å². The lowest BCUT2D eigenvalue weighted by atomic mass is 10.2. The summed E-state index contributed by atoms with van der Waals surface area (Å²) in [6.45, 7) is 3.81. The van der Waals surface area contributed by atoms with Crippen molar-refractivity contribution in [2.45, 2.75) is 18.7 Å². The first-order valence-corrected chi connectivity index (χ1v) is 11.5. The Morgan fingerprint density at radius 2 is 1.84 bits per heavy atom. The summed E-state index contributed by atoms with van der Waals surface area (Å²) in [6.07, 6.45) is 1.53. The Bertz CT molecular complexity index is 1170. The molecule has 8 nitrogen and oxygen atoms in total. The summed E-state index contributed by atoms with van der Waals surface area (Å²) in [5.74, 6) is -0.238. The Hall–Kier alpha value is -2.82. The van der Waals surface area contributed by atoms with E-state index in [9.17, 15) is 18.0 Å². The summed E-state index contributed by atoms with van der Waals surface area (Å²) in [4.78, 5) is 25.7. The number of nitrogens with zero attached hydrogens (tertiary/aromatic N) is 1. The Kier molecular flexibility index (Phi) is 6.73. The molecular formula is C21H22N2O6S2. The van der Waals surface area contributed by atoms with E-state index in [2.05, 4.69) is 0 Å². The molecule has 164 valence electrons. The van der Waals surface area contributed by atoms with E-state index in [1.54, 1.807) is 32.0 Å². The predicted molar refractivity (Wildman–Crippen MR) is 118 cm³/mol. The lowest BCUT2D eigenvalue weighted by Crippen LogP contribution is -2.33. The minimum atomic E-state index is -4.08. The highest BCUT2D eigenvalue weighted by Gasteiger charge is 2.34. The van der Waals surface area contributed by atoms with E-state index in [-0.39, 0.29) is 39.6 Å². The fourth-order valence-electron chi connectivity index (χ4n) is 2.96. The normalized spacial score (nSPS) is 15.6. The Labute approximate surface area is 185 Å². The van der Waals surface area contributed by atoms with E-state index in [1.807, 2.05) is 6.07 Å². The number of nitrogens with two attached hydrogens (primary N) is 1. The maximum absolute atomic E-state index is 12.8. The molecule has 2 aromatic carbocycles. The molecular weight excluding hydrogens is 440 g/mol. The molecule has 10 heteroatoms. The van der Waals surface area contributed by atoms with Gasteiger partial charge in [-0.25, -0.2) is 0 Å². The third-order valence-corrected chi connectivity index (χ3v) is 6.81. The Morgan fingerprint density at radius 1 is 1.10 bits per heavy atom. The minimum Gasteiger partial charge on any atom is -0.493 e. The number of thioether (sulfide) groups is 1. The van der Waals surface area contributed by atoms with Crippen LogP contribution in [-0.2, 0) is 14.9 Å². The van der Waals surface area contributed by atoms with Crippen molar-refractivity contribution in [2.24, 2.45) is 5.73 Å². The summed E-state index contributed by atoms with van der Waals surface area (Å²) in [7, 11) is -2.70. The maximum Gasteiger partial charge on any atom is 0.339 e. The highest BCUT2D eigenvalue weighted by Crippen LogP contribution is 2.35. The van der Waals surface area contributed by atoms with Crippen molar-refractivity contribution in [2.75, 3.05) is 20.2 Å². The molecule has 1 fully saturated rings. The Morgan fingerprint density at radius 3 is 2.52 bits per heavy atom. The van der Waals surface area contributed by atoms with Crippen molar-refractivity contribution in [3.05, 3.63) is 58.0 Å². The van der Waals surface area contributed by atoms with Crippen LogP contribution in [0.1, 0.15) is 16.7 Å². The number of carbonyl (C=O) groups is 2. The van der Waals surface area contributed by atoms with Crippen LogP contribution < -0.4 is 14.7 Å². The number of benzene rings is 2. The number of amides is 2. The van der Waals surface area contributed by atoms with Gasteiger partial charge in [0.15, 0.2) is 11.5 Å². The van der Waals surface area contributed by atoms with Crippen LogP contribution in [0.4, 0.5) is 4.79 Å². The first kappa shape index (κ1) is 22.9. The summed E-state index contributed by atoms with van der Waals surface area (Å²) in [5.41, 5.74) is 7.34. The largest absolute Gasteiger partial charge is 0.493 e. The van der Waals surface area contributed by atoms with Crippen LogP contribution >= 0.6 is 11.8 Å². The standard InChI is InChI=1S/C21H22N2O6S2/c1-13-4-5-14(2)19(10-13)31(26,27)29-16-7-6-15(11-17(16)28-3)12-18-20(24)23(9-8-22)21(25)30-18/h4-7,10-12H,8-9,22H2,1-3H3/b18-12+. The number of hydrogen-bond acceptors (Lipinski definition) is 8. The monoisotopic (exact) mass is 462 g/mol. The second-order valence-electron chi connectivity index (χ2n) is 6.84. The molecule has 1 aliphatic heterocycles. The SMILES string of the molecule is COc1cc(/C=C2/SC(=O)N(CCN)C2=O)ccc1OS(=O)(=O)c1cc(C)ccc1C. The Balaban J connectivity index is 1.90. The van der Waals surface area contributed by atoms with Crippen molar-refractivity contribution >= 4 is 39.1 Å². The second kappa shape index (κ2) is 9.13. The van der Waals surface area contributed by atoms with Gasteiger partial charge in [0.2, 0.25) is 0 Å². The van der Waals surface area contributed by atoms with Crippen LogP contribution in [0.15, 0.2) is 46.2 Å². The van der Waals surface area contributed by atoms with Gasteiger partial charge in [-0.2, -0.15) is 8.42 Å². The molecule has 0 unspecified atom stereocenters. The number of hydrogen-bond donors (Lipinski definition) is 1. The lowest BCUT2D eigenvalue weighted by molar-refractivity contribution is -0.122. The smallest absolute Gasteiger partial charge is 0.339 e. The molecule has 1 heterocycles. The zero-order valence-corrected chi connectivity index (χ0v) is 18.9. The molecule has 31 heavy (non-hydrogen) atoms. The van der Waals surface area contributed by atoms with Gasteiger partial charge in [-0.3, -0.25) is 14.5 Å². The lowest BCUT2D eigenvalue weighted by Gasteiger charge is -2.13. The predicted octanol–water partition coefficient (Wildman–Crippen LogP) is 3.07. The first-order chi connectivity index (χ1) is 14.7. The number of rotatable bonds is 7. The molecule has 0 atom stereocenters. The van der Waals surface area contributed by atoms with Crippen LogP contribution in [0.25, 0.3) is 6.08 Å². The number of imide groups is 1. The van der Waals surface area contributed by atoms with Crippen molar-refractivity contribution in [1.29, 1.82) is 0 Å². The van der Waals surface area contributed by atoms with Crippen LogP contribution in [-0.4, -0.2) is 44.7 Å². The van der Waals surface area contributed by atoms with Gasteiger partial charge in [-0.1, -0.05) is 18.2 Å². The van der Waals surface area contributed by atoms with Gasteiger partial charge < -0.3 is 14.7 Å². The van der Waals surface area contributed by atoms with Gasteiger partial charge in [0.25, 0.3) is 11.1 Å².